The van der Waals surface area contributed by atoms with Gasteiger partial charge in [-0.25, -0.2) is 4.79 Å². The highest BCUT2D eigenvalue weighted by Gasteiger charge is 2.28. The largest absolute Gasteiger partial charge is 0.507 e. The SMILES string of the molecule is CC1OC(=O)c2c(O)cc(NCC(F)(F)F)cc2/C=C/CC(O)C(O)C(=O)/C=C\[C@H]1C. The molecular weight excluding hydrogens is 419 g/mol. The second-order valence-corrected chi connectivity index (χ2v) is 7.31. The zero-order valence-electron chi connectivity index (χ0n) is 16.9. The summed E-state index contributed by atoms with van der Waals surface area (Å²) in [6.45, 7) is 1.86. The third-order valence-electron chi connectivity index (χ3n) is 4.77. The van der Waals surface area contributed by atoms with E-state index in [1.54, 1.807) is 13.8 Å². The molecule has 1 aliphatic rings. The number of cyclic esters (lactones) is 1. The van der Waals surface area contributed by atoms with Gasteiger partial charge in [0.25, 0.3) is 0 Å². The maximum Gasteiger partial charge on any atom is 0.405 e. The van der Waals surface area contributed by atoms with Crippen LogP contribution in [0.5, 0.6) is 5.75 Å². The van der Waals surface area contributed by atoms with Gasteiger partial charge in [0.05, 0.1) is 6.10 Å². The minimum atomic E-state index is -4.50. The van der Waals surface area contributed by atoms with E-state index >= 15 is 0 Å². The normalized spacial score (nSPS) is 27.6. The Hall–Kier alpha value is -2.85. The van der Waals surface area contributed by atoms with E-state index in [1.165, 1.54) is 24.3 Å². The second-order valence-electron chi connectivity index (χ2n) is 7.31. The number of anilines is 1. The van der Waals surface area contributed by atoms with Crippen LogP contribution >= 0.6 is 0 Å². The Bertz CT molecular complexity index is 881. The van der Waals surface area contributed by atoms with Gasteiger partial charge in [-0.3, -0.25) is 4.79 Å². The number of esters is 1. The predicted molar refractivity (Wildman–Crippen MR) is 107 cm³/mol. The number of carbonyl (C=O) groups excluding carboxylic acids is 2. The van der Waals surface area contributed by atoms with Gasteiger partial charge >= 0.3 is 12.1 Å². The first-order valence-corrected chi connectivity index (χ1v) is 9.52. The van der Waals surface area contributed by atoms with E-state index in [2.05, 4.69) is 5.32 Å². The van der Waals surface area contributed by atoms with Crippen LogP contribution in [0.1, 0.15) is 36.2 Å². The van der Waals surface area contributed by atoms with Crippen molar-refractivity contribution in [1.82, 2.24) is 0 Å². The maximum atomic E-state index is 12.7. The summed E-state index contributed by atoms with van der Waals surface area (Å²) in [6.07, 6.45) is -3.43. The number of nitrogens with one attached hydrogen (secondary N) is 1. The van der Waals surface area contributed by atoms with E-state index in [0.717, 1.165) is 12.1 Å². The zero-order chi connectivity index (χ0) is 23.3. The van der Waals surface area contributed by atoms with Crippen LogP contribution in [0, 0.1) is 5.92 Å². The Morgan fingerprint density at radius 3 is 2.48 bits per heavy atom. The van der Waals surface area contributed by atoms with Gasteiger partial charge < -0.3 is 25.4 Å². The number of alkyl halides is 3. The number of benzene rings is 1. The van der Waals surface area contributed by atoms with E-state index in [4.69, 9.17) is 4.74 Å². The highest BCUT2D eigenvalue weighted by atomic mass is 19.4. The average Bonchev–Trinajstić information content (AvgIpc) is 2.67. The standard InChI is InChI=1S/C21H24F3NO6/c1-11-6-7-16(27)19(29)15(26)5-3-4-13-8-14(25-10-21(22,23)24)9-17(28)18(13)20(30)31-12(11)2/h3-4,6-9,11-12,15,19,25-26,28-29H,5,10H2,1-2H3/b4-3+,7-6-/t11-,12?,15?,19?/m1/s1. The Morgan fingerprint density at radius 1 is 1.16 bits per heavy atom. The van der Waals surface area contributed by atoms with Crippen molar-refractivity contribution < 1.29 is 42.8 Å². The van der Waals surface area contributed by atoms with Crippen molar-refractivity contribution in [2.24, 2.45) is 5.92 Å². The molecule has 1 heterocycles. The van der Waals surface area contributed by atoms with Gasteiger partial charge in [-0.05, 0) is 31.1 Å². The molecule has 10 heteroatoms. The Labute approximate surface area is 176 Å². The van der Waals surface area contributed by atoms with E-state index in [1.807, 2.05) is 0 Å². The van der Waals surface area contributed by atoms with Crippen LogP contribution < -0.4 is 5.32 Å². The van der Waals surface area contributed by atoms with Gasteiger partial charge in [0.15, 0.2) is 5.78 Å². The van der Waals surface area contributed by atoms with E-state index in [0.29, 0.717) is 0 Å². The first kappa shape index (κ1) is 24.4. The van der Waals surface area contributed by atoms with Gasteiger partial charge in [0.1, 0.15) is 30.1 Å². The van der Waals surface area contributed by atoms with Crippen molar-refractivity contribution in [3.05, 3.63) is 41.5 Å². The molecule has 0 aromatic heterocycles. The highest BCUT2D eigenvalue weighted by molar-refractivity contribution is 5.97. The van der Waals surface area contributed by atoms with Gasteiger partial charge in [-0.15, -0.1) is 0 Å². The summed E-state index contributed by atoms with van der Waals surface area (Å²) in [5.41, 5.74) is -0.317. The summed E-state index contributed by atoms with van der Waals surface area (Å²) in [5, 5.41) is 32.4. The van der Waals surface area contributed by atoms with Crippen molar-refractivity contribution >= 4 is 23.5 Å². The molecule has 0 saturated heterocycles. The molecule has 0 saturated carbocycles. The number of phenols is 1. The van der Waals surface area contributed by atoms with Gasteiger partial charge in [-0.2, -0.15) is 13.2 Å². The number of carbonyl (C=O) groups is 2. The smallest absolute Gasteiger partial charge is 0.405 e. The number of aliphatic hydroxyl groups excluding tert-OH is 2. The van der Waals surface area contributed by atoms with Crippen LogP contribution in [0.3, 0.4) is 0 Å². The molecule has 7 nitrogen and oxygen atoms in total. The molecule has 0 aliphatic carbocycles. The Morgan fingerprint density at radius 2 is 1.84 bits per heavy atom. The van der Waals surface area contributed by atoms with E-state index < -0.39 is 54.5 Å². The topological polar surface area (TPSA) is 116 Å². The molecule has 1 aliphatic heterocycles. The zero-order valence-corrected chi connectivity index (χ0v) is 16.9. The third-order valence-corrected chi connectivity index (χ3v) is 4.77. The van der Waals surface area contributed by atoms with Crippen molar-refractivity contribution in [1.29, 1.82) is 0 Å². The number of hydrogen-bond acceptors (Lipinski definition) is 7. The first-order valence-electron chi connectivity index (χ1n) is 9.52. The molecule has 31 heavy (non-hydrogen) atoms. The number of hydrogen-bond donors (Lipinski definition) is 4. The van der Waals surface area contributed by atoms with Crippen molar-refractivity contribution in [2.75, 3.05) is 11.9 Å². The molecule has 0 radical (unpaired) electrons. The van der Waals surface area contributed by atoms with E-state index in [9.17, 15) is 38.1 Å². The second kappa shape index (κ2) is 9.97. The lowest BCUT2D eigenvalue weighted by Gasteiger charge is -2.20. The first-order chi connectivity index (χ1) is 14.4. The predicted octanol–water partition coefficient (Wildman–Crippen LogP) is 2.81. The monoisotopic (exact) mass is 443 g/mol. The molecular formula is C21H24F3NO6. The van der Waals surface area contributed by atoms with E-state index in [-0.39, 0.29) is 23.2 Å². The Balaban J connectivity index is 2.47. The van der Waals surface area contributed by atoms with Crippen LogP contribution in [-0.2, 0) is 9.53 Å². The highest BCUT2D eigenvalue weighted by Crippen LogP contribution is 2.30. The minimum Gasteiger partial charge on any atom is -0.507 e. The molecule has 3 unspecified atom stereocenters. The van der Waals surface area contributed by atoms with Gasteiger partial charge in [-0.1, -0.05) is 25.2 Å². The summed E-state index contributed by atoms with van der Waals surface area (Å²) in [6, 6.07) is 2.19. The number of aliphatic hydroxyl groups is 2. The molecule has 1 aromatic carbocycles. The van der Waals surface area contributed by atoms with Crippen LogP contribution in [0.4, 0.5) is 18.9 Å². The van der Waals surface area contributed by atoms with Crippen molar-refractivity contribution in [3.8, 4) is 5.75 Å². The van der Waals surface area contributed by atoms with Crippen LogP contribution in [0.2, 0.25) is 0 Å². The van der Waals surface area contributed by atoms with Gasteiger partial charge in [0.2, 0.25) is 0 Å². The number of phenolic OH excluding ortho intramolecular Hbond substituents is 1. The summed E-state index contributed by atoms with van der Waals surface area (Å²) >= 11 is 0. The van der Waals surface area contributed by atoms with Gasteiger partial charge in [0, 0.05) is 17.7 Å². The fourth-order valence-corrected chi connectivity index (χ4v) is 2.80. The molecule has 1 aromatic rings. The van der Waals surface area contributed by atoms with Crippen LogP contribution in [0.25, 0.3) is 6.08 Å². The minimum absolute atomic E-state index is 0.0372. The number of aromatic hydroxyl groups is 1. The van der Waals surface area contributed by atoms with Crippen molar-refractivity contribution in [2.45, 2.75) is 44.8 Å². The van der Waals surface area contributed by atoms with Crippen LogP contribution in [-0.4, -0.2) is 58.1 Å². The number of rotatable bonds is 2. The molecule has 2 rings (SSSR count). The summed E-state index contributed by atoms with van der Waals surface area (Å²) in [4.78, 5) is 24.7. The molecule has 4 atom stereocenters. The summed E-state index contributed by atoms with van der Waals surface area (Å²) in [7, 11) is 0. The quantitative estimate of drug-likeness (QED) is 0.520. The molecule has 0 fully saturated rings. The molecule has 4 N–H and O–H groups in total. The Kier molecular flexibility index (Phi) is 7.85. The molecule has 170 valence electrons. The molecule has 0 bridgehead atoms. The lowest BCUT2D eigenvalue weighted by molar-refractivity contribution is -0.127. The number of fused-ring (bicyclic) bond motifs is 1. The summed E-state index contributed by atoms with van der Waals surface area (Å²) in [5.74, 6) is -2.67. The number of ether oxygens (including phenoxy) is 1. The molecule has 0 spiro atoms. The van der Waals surface area contributed by atoms with Crippen LogP contribution in [0.15, 0.2) is 30.4 Å². The number of ketones is 1. The third kappa shape index (κ3) is 6.83. The lowest BCUT2D eigenvalue weighted by atomic mass is 9.99. The average molecular weight is 443 g/mol. The fraction of sp³-hybridized carbons (Fsp3) is 0.429. The fourth-order valence-electron chi connectivity index (χ4n) is 2.80. The molecule has 0 amide bonds. The van der Waals surface area contributed by atoms with Crippen molar-refractivity contribution in [3.63, 3.8) is 0 Å². The number of halogens is 3. The lowest BCUT2D eigenvalue weighted by Crippen LogP contribution is -2.32. The maximum absolute atomic E-state index is 12.7. The summed E-state index contributed by atoms with van der Waals surface area (Å²) < 4.78 is 42.9.